The molecule has 0 saturated heterocycles. The lowest BCUT2D eigenvalue weighted by Crippen LogP contribution is -2.26. The number of nitrogens with one attached hydrogen (secondary N) is 2. The Labute approximate surface area is 173 Å². The zero-order chi connectivity index (χ0) is 20.9. The van der Waals surface area contributed by atoms with Gasteiger partial charge < -0.3 is 10.6 Å². The first-order valence-electron chi connectivity index (χ1n) is 9.61. The minimum absolute atomic E-state index is 0.167. The SMILES string of the molecule is Cc1ccc(CNC(=O)c2nc(C(=O)NCc3ccccn3)c3ccccn23)cc1. The number of imidazole rings is 1. The highest BCUT2D eigenvalue weighted by Gasteiger charge is 2.21. The molecule has 0 spiro atoms. The molecule has 0 aliphatic carbocycles. The lowest BCUT2D eigenvalue weighted by Gasteiger charge is -2.05. The van der Waals surface area contributed by atoms with Crippen LogP contribution in [0.15, 0.2) is 73.1 Å². The van der Waals surface area contributed by atoms with E-state index in [2.05, 4.69) is 20.6 Å². The molecular weight excluding hydrogens is 378 g/mol. The van der Waals surface area contributed by atoms with Gasteiger partial charge in [-0.05, 0) is 36.8 Å². The summed E-state index contributed by atoms with van der Waals surface area (Å²) in [5.41, 5.74) is 3.66. The largest absolute Gasteiger partial charge is 0.345 e. The number of hydrogen-bond donors (Lipinski definition) is 2. The lowest BCUT2D eigenvalue weighted by molar-refractivity contribution is 0.0939. The van der Waals surface area contributed by atoms with E-state index in [1.54, 1.807) is 35.0 Å². The Balaban J connectivity index is 1.53. The van der Waals surface area contributed by atoms with E-state index in [0.717, 1.165) is 16.8 Å². The molecule has 7 nitrogen and oxygen atoms in total. The van der Waals surface area contributed by atoms with Crippen LogP contribution < -0.4 is 10.6 Å². The minimum atomic E-state index is -0.359. The van der Waals surface area contributed by atoms with Crippen LogP contribution >= 0.6 is 0 Å². The van der Waals surface area contributed by atoms with Crippen molar-refractivity contribution in [3.63, 3.8) is 0 Å². The number of pyridine rings is 2. The zero-order valence-corrected chi connectivity index (χ0v) is 16.5. The number of carbonyl (C=O) groups excluding carboxylic acids is 2. The Kier molecular flexibility index (Phi) is 5.52. The number of nitrogens with zero attached hydrogens (tertiary/aromatic N) is 3. The molecule has 3 aromatic heterocycles. The average Bonchev–Trinajstić information content (AvgIpc) is 3.17. The number of benzene rings is 1. The predicted octanol–water partition coefficient (Wildman–Crippen LogP) is 2.90. The summed E-state index contributed by atoms with van der Waals surface area (Å²) in [5, 5.41) is 5.69. The second kappa shape index (κ2) is 8.57. The van der Waals surface area contributed by atoms with Crippen LogP contribution in [0.4, 0.5) is 0 Å². The van der Waals surface area contributed by atoms with Gasteiger partial charge in [0.05, 0.1) is 17.8 Å². The number of amides is 2. The molecule has 0 unspecified atom stereocenters. The fourth-order valence-electron chi connectivity index (χ4n) is 3.09. The predicted molar refractivity (Wildman–Crippen MR) is 113 cm³/mol. The summed E-state index contributed by atoms with van der Waals surface area (Å²) in [7, 11) is 0. The summed E-state index contributed by atoms with van der Waals surface area (Å²) >= 11 is 0. The number of carbonyl (C=O) groups is 2. The third-order valence-corrected chi connectivity index (χ3v) is 4.70. The number of rotatable bonds is 6. The van der Waals surface area contributed by atoms with Gasteiger partial charge in [0.15, 0.2) is 5.69 Å². The second-order valence-electron chi connectivity index (χ2n) is 6.91. The molecule has 150 valence electrons. The molecular formula is C23H21N5O2. The van der Waals surface area contributed by atoms with E-state index in [0.29, 0.717) is 12.1 Å². The van der Waals surface area contributed by atoms with Crippen LogP contribution in [0.5, 0.6) is 0 Å². The first-order valence-corrected chi connectivity index (χ1v) is 9.61. The normalized spacial score (nSPS) is 10.7. The number of fused-ring (bicyclic) bond motifs is 1. The van der Waals surface area contributed by atoms with Gasteiger partial charge in [-0.25, -0.2) is 4.98 Å². The highest BCUT2D eigenvalue weighted by Crippen LogP contribution is 2.14. The highest BCUT2D eigenvalue weighted by molar-refractivity contribution is 6.02. The monoisotopic (exact) mass is 399 g/mol. The Hall–Kier alpha value is -4.00. The van der Waals surface area contributed by atoms with Gasteiger partial charge in [0, 0.05) is 18.9 Å². The summed E-state index contributed by atoms with van der Waals surface area (Å²) in [6.45, 7) is 2.67. The number of aromatic nitrogens is 3. The molecule has 4 aromatic rings. The topological polar surface area (TPSA) is 88.4 Å². The molecule has 7 heteroatoms. The molecule has 1 aromatic carbocycles. The van der Waals surface area contributed by atoms with Crippen LogP contribution in [-0.4, -0.2) is 26.2 Å². The van der Waals surface area contributed by atoms with Crippen molar-refractivity contribution in [1.29, 1.82) is 0 Å². The fraction of sp³-hybridized carbons (Fsp3) is 0.130. The number of hydrogen-bond acceptors (Lipinski definition) is 4. The van der Waals surface area contributed by atoms with Crippen molar-refractivity contribution in [3.05, 3.63) is 101 Å². The van der Waals surface area contributed by atoms with E-state index in [4.69, 9.17) is 0 Å². The molecule has 0 aliphatic rings. The molecule has 3 heterocycles. The van der Waals surface area contributed by atoms with Crippen LogP contribution in [-0.2, 0) is 13.1 Å². The third kappa shape index (κ3) is 4.20. The van der Waals surface area contributed by atoms with Gasteiger partial charge in [0.2, 0.25) is 5.82 Å². The standard InChI is InChI=1S/C23H21N5O2/c1-16-8-10-17(11-9-16)14-25-23(30)21-27-20(19-7-3-5-13-28(19)21)22(29)26-15-18-6-2-4-12-24-18/h2-13H,14-15H2,1H3,(H,25,30)(H,26,29). The molecule has 2 amide bonds. The van der Waals surface area contributed by atoms with Crippen molar-refractivity contribution < 1.29 is 9.59 Å². The average molecular weight is 399 g/mol. The summed E-state index contributed by atoms with van der Waals surface area (Å²) in [6.07, 6.45) is 3.39. The van der Waals surface area contributed by atoms with Gasteiger partial charge in [0.1, 0.15) is 0 Å². The van der Waals surface area contributed by atoms with E-state index in [1.807, 2.05) is 49.4 Å². The summed E-state index contributed by atoms with van der Waals surface area (Å²) in [4.78, 5) is 34.1. The van der Waals surface area contributed by atoms with Crippen LogP contribution in [0.2, 0.25) is 0 Å². The molecule has 0 bridgehead atoms. The van der Waals surface area contributed by atoms with E-state index >= 15 is 0 Å². The van der Waals surface area contributed by atoms with Gasteiger partial charge in [-0.3, -0.25) is 19.0 Å². The summed E-state index contributed by atoms with van der Waals surface area (Å²) in [6, 6.07) is 18.8. The molecule has 0 aliphatic heterocycles. The molecule has 4 rings (SSSR count). The molecule has 0 atom stereocenters. The maximum Gasteiger partial charge on any atom is 0.287 e. The quantitative estimate of drug-likeness (QED) is 0.522. The van der Waals surface area contributed by atoms with Crippen molar-refractivity contribution >= 4 is 17.3 Å². The van der Waals surface area contributed by atoms with Crippen molar-refractivity contribution in [2.24, 2.45) is 0 Å². The first-order chi connectivity index (χ1) is 14.6. The van der Waals surface area contributed by atoms with Crippen LogP contribution in [0, 0.1) is 6.92 Å². The lowest BCUT2D eigenvalue weighted by atomic mass is 10.1. The van der Waals surface area contributed by atoms with Crippen LogP contribution in [0.25, 0.3) is 5.52 Å². The Morgan fingerprint density at radius 3 is 2.43 bits per heavy atom. The maximum absolute atomic E-state index is 12.8. The summed E-state index contributed by atoms with van der Waals surface area (Å²) < 4.78 is 1.63. The van der Waals surface area contributed by atoms with E-state index in [9.17, 15) is 9.59 Å². The van der Waals surface area contributed by atoms with Gasteiger partial charge >= 0.3 is 0 Å². The smallest absolute Gasteiger partial charge is 0.287 e. The van der Waals surface area contributed by atoms with E-state index < -0.39 is 0 Å². The van der Waals surface area contributed by atoms with Gasteiger partial charge in [-0.1, -0.05) is 42.0 Å². The van der Waals surface area contributed by atoms with Gasteiger partial charge in [0.25, 0.3) is 11.8 Å². The molecule has 30 heavy (non-hydrogen) atoms. The van der Waals surface area contributed by atoms with Crippen molar-refractivity contribution in [2.45, 2.75) is 20.0 Å². The van der Waals surface area contributed by atoms with Crippen LogP contribution in [0.1, 0.15) is 37.9 Å². The van der Waals surface area contributed by atoms with Crippen molar-refractivity contribution in [3.8, 4) is 0 Å². The van der Waals surface area contributed by atoms with Gasteiger partial charge in [-0.15, -0.1) is 0 Å². The number of aryl methyl sites for hydroxylation is 1. The highest BCUT2D eigenvalue weighted by atomic mass is 16.2. The Bertz CT molecular complexity index is 1180. The molecule has 0 radical (unpaired) electrons. The second-order valence-corrected chi connectivity index (χ2v) is 6.91. The van der Waals surface area contributed by atoms with Crippen molar-refractivity contribution in [2.75, 3.05) is 0 Å². The first kappa shape index (κ1) is 19.3. The fourth-order valence-corrected chi connectivity index (χ4v) is 3.09. The van der Waals surface area contributed by atoms with Crippen molar-refractivity contribution in [1.82, 2.24) is 25.0 Å². The minimum Gasteiger partial charge on any atom is -0.345 e. The Morgan fingerprint density at radius 2 is 1.67 bits per heavy atom. The summed E-state index contributed by atoms with van der Waals surface area (Å²) in [5.74, 6) is -0.539. The third-order valence-electron chi connectivity index (χ3n) is 4.70. The molecule has 0 fully saturated rings. The van der Waals surface area contributed by atoms with E-state index in [-0.39, 0.29) is 29.9 Å². The van der Waals surface area contributed by atoms with Crippen LogP contribution in [0.3, 0.4) is 0 Å². The Morgan fingerprint density at radius 1 is 0.900 bits per heavy atom. The maximum atomic E-state index is 12.8. The van der Waals surface area contributed by atoms with Gasteiger partial charge in [-0.2, -0.15) is 0 Å². The molecule has 2 N–H and O–H groups in total. The van der Waals surface area contributed by atoms with E-state index in [1.165, 1.54) is 0 Å². The molecule has 0 saturated carbocycles. The zero-order valence-electron chi connectivity index (χ0n) is 16.5.